The van der Waals surface area contributed by atoms with E-state index in [2.05, 4.69) is 10.6 Å². The Morgan fingerprint density at radius 1 is 1.35 bits per heavy atom. The van der Waals surface area contributed by atoms with Crippen molar-refractivity contribution < 1.29 is 14.3 Å². The molecule has 0 radical (unpaired) electrons. The second-order valence-corrected chi connectivity index (χ2v) is 5.72. The second-order valence-electron chi connectivity index (χ2n) is 5.72. The third-order valence-corrected chi connectivity index (χ3v) is 4.00. The van der Waals surface area contributed by atoms with Gasteiger partial charge in [0, 0.05) is 19.5 Å². The van der Waals surface area contributed by atoms with E-state index in [-0.39, 0.29) is 17.9 Å². The number of ether oxygens (including phenoxy) is 1. The van der Waals surface area contributed by atoms with E-state index in [0.29, 0.717) is 25.9 Å². The zero-order valence-corrected chi connectivity index (χ0v) is 13.8. The number of methoxy groups -OCH3 is 1. The minimum Gasteiger partial charge on any atom is -0.497 e. The maximum absolute atomic E-state index is 12.4. The van der Waals surface area contributed by atoms with Crippen LogP contribution in [0, 0.1) is 0 Å². The van der Waals surface area contributed by atoms with Gasteiger partial charge in [-0.15, -0.1) is 0 Å². The van der Waals surface area contributed by atoms with Crippen LogP contribution in [0.1, 0.15) is 24.8 Å². The average molecular weight is 319 g/mol. The zero-order valence-electron chi connectivity index (χ0n) is 13.8. The number of likely N-dealkylation sites (tertiary alicyclic amines) is 1. The summed E-state index contributed by atoms with van der Waals surface area (Å²) in [5.41, 5.74) is 1.06. The van der Waals surface area contributed by atoms with Crippen molar-refractivity contribution in [3.8, 4) is 5.75 Å². The Morgan fingerprint density at radius 2 is 2.09 bits per heavy atom. The molecule has 0 bridgehead atoms. The van der Waals surface area contributed by atoms with E-state index in [0.717, 1.165) is 24.3 Å². The first-order valence-corrected chi connectivity index (χ1v) is 7.99. The highest BCUT2D eigenvalue weighted by molar-refractivity contribution is 5.89. The van der Waals surface area contributed by atoms with E-state index in [9.17, 15) is 9.59 Å². The highest BCUT2D eigenvalue weighted by atomic mass is 16.5. The molecule has 23 heavy (non-hydrogen) atoms. The third-order valence-electron chi connectivity index (χ3n) is 4.00. The fraction of sp³-hybridized carbons (Fsp3) is 0.529. The summed E-state index contributed by atoms with van der Waals surface area (Å²) in [6.07, 6.45) is 1.90. The molecule has 1 aliphatic rings. The van der Waals surface area contributed by atoms with Crippen LogP contribution < -0.4 is 15.4 Å². The quantitative estimate of drug-likeness (QED) is 0.699. The molecular weight excluding hydrogens is 294 g/mol. The lowest BCUT2D eigenvalue weighted by Crippen LogP contribution is -2.41. The number of nitrogens with zero attached hydrogens (tertiary/aromatic N) is 1. The number of hydrogen-bond donors (Lipinski definition) is 2. The fourth-order valence-corrected chi connectivity index (χ4v) is 2.67. The predicted molar refractivity (Wildman–Crippen MR) is 88.1 cm³/mol. The van der Waals surface area contributed by atoms with Gasteiger partial charge in [0.25, 0.3) is 0 Å². The predicted octanol–water partition coefficient (Wildman–Crippen LogP) is 0.912. The average Bonchev–Trinajstić information content (AvgIpc) is 2.89. The number of benzene rings is 1. The molecule has 1 fully saturated rings. The van der Waals surface area contributed by atoms with Crippen LogP contribution in [0.3, 0.4) is 0 Å². The smallest absolute Gasteiger partial charge is 0.245 e. The molecule has 1 saturated heterocycles. The Balaban J connectivity index is 1.82. The SMILES string of the molecule is CNCCCC(=O)NC1CCN(Cc2ccc(OC)cc2)C1=O. The Labute approximate surface area is 137 Å². The molecule has 1 atom stereocenters. The monoisotopic (exact) mass is 319 g/mol. The van der Waals surface area contributed by atoms with E-state index in [1.165, 1.54) is 0 Å². The molecule has 0 saturated carbocycles. The fourth-order valence-electron chi connectivity index (χ4n) is 2.67. The second kappa shape index (κ2) is 8.53. The molecule has 6 nitrogen and oxygen atoms in total. The molecule has 0 aromatic heterocycles. The van der Waals surface area contributed by atoms with Gasteiger partial charge in [-0.05, 0) is 44.1 Å². The number of rotatable bonds is 8. The lowest BCUT2D eigenvalue weighted by Gasteiger charge is -2.17. The van der Waals surface area contributed by atoms with E-state index in [1.54, 1.807) is 12.0 Å². The minimum absolute atomic E-state index is 0.00258. The van der Waals surface area contributed by atoms with Gasteiger partial charge in [-0.25, -0.2) is 0 Å². The zero-order chi connectivity index (χ0) is 16.7. The van der Waals surface area contributed by atoms with Crippen LogP contribution in [0.4, 0.5) is 0 Å². The maximum Gasteiger partial charge on any atom is 0.245 e. The maximum atomic E-state index is 12.4. The Bertz CT molecular complexity index is 530. The van der Waals surface area contributed by atoms with Crippen molar-refractivity contribution in [1.29, 1.82) is 0 Å². The van der Waals surface area contributed by atoms with Crippen LogP contribution in [-0.2, 0) is 16.1 Å². The summed E-state index contributed by atoms with van der Waals surface area (Å²) >= 11 is 0. The van der Waals surface area contributed by atoms with Crippen molar-refractivity contribution in [3.63, 3.8) is 0 Å². The third kappa shape index (κ3) is 4.96. The van der Waals surface area contributed by atoms with E-state index >= 15 is 0 Å². The Hall–Kier alpha value is -2.08. The van der Waals surface area contributed by atoms with Gasteiger partial charge >= 0.3 is 0 Å². The molecular formula is C17H25N3O3. The number of hydrogen-bond acceptors (Lipinski definition) is 4. The van der Waals surface area contributed by atoms with Crippen molar-refractivity contribution in [2.75, 3.05) is 27.2 Å². The molecule has 1 aromatic rings. The van der Waals surface area contributed by atoms with Crippen molar-refractivity contribution in [1.82, 2.24) is 15.5 Å². The van der Waals surface area contributed by atoms with Crippen molar-refractivity contribution in [3.05, 3.63) is 29.8 Å². The molecule has 2 rings (SSSR count). The van der Waals surface area contributed by atoms with Crippen LogP contribution >= 0.6 is 0 Å². The summed E-state index contributed by atoms with van der Waals surface area (Å²) in [6.45, 7) is 2.04. The molecule has 6 heteroatoms. The lowest BCUT2D eigenvalue weighted by atomic mass is 10.2. The number of amides is 2. The molecule has 1 heterocycles. The van der Waals surface area contributed by atoms with Gasteiger partial charge in [-0.1, -0.05) is 12.1 Å². The highest BCUT2D eigenvalue weighted by Gasteiger charge is 2.32. The van der Waals surface area contributed by atoms with E-state index in [1.807, 2.05) is 31.3 Å². The number of carbonyl (C=O) groups excluding carboxylic acids is 2. The minimum atomic E-state index is -0.379. The summed E-state index contributed by atoms with van der Waals surface area (Å²) in [7, 11) is 3.48. The largest absolute Gasteiger partial charge is 0.497 e. The summed E-state index contributed by atoms with van der Waals surface area (Å²) in [4.78, 5) is 26.0. The molecule has 126 valence electrons. The first kappa shape index (κ1) is 17.3. The topological polar surface area (TPSA) is 70.7 Å². The van der Waals surface area contributed by atoms with E-state index < -0.39 is 0 Å². The molecule has 1 aliphatic heterocycles. The van der Waals surface area contributed by atoms with E-state index in [4.69, 9.17) is 4.74 Å². The van der Waals surface area contributed by atoms with Gasteiger partial charge < -0.3 is 20.3 Å². The number of carbonyl (C=O) groups is 2. The van der Waals surface area contributed by atoms with Gasteiger partial charge in [-0.2, -0.15) is 0 Å². The molecule has 1 aromatic carbocycles. The number of nitrogens with one attached hydrogen (secondary N) is 2. The first-order valence-electron chi connectivity index (χ1n) is 7.99. The van der Waals surface area contributed by atoms with Gasteiger partial charge in [-0.3, -0.25) is 9.59 Å². The summed E-state index contributed by atoms with van der Waals surface area (Å²) < 4.78 is 5.13. The van der Waals surface area contributed by atoms with Crippen molar-refractivity contribution in [2.45, 2.75) is 31.8 Å². The highest BCUT2D eigenvalue weighted by Crippen LogP contribution is 2.17. The molecule has 1 unspecified atom stereocenters. The normalized spacial score (nSPS) is 17.4. The van der Waals surface area contributed by atoms with Gasteiger partial charge in [0.05, 0.1) is 7.11 Å². The molecule has 2 N–H and O–H groups in total. The van der Waals surface area contributed by atoms with Crippen LogP contribution in [0.15, 0.2) is 24.3 Å². The van der Waals surface area contributed by atoms with Crippen molar-refractivity contribution >= 4 is 11.8 Å². The first-order chi connectivity index (χ1) is 11.1. The summed E-state index contributed by atoms with van der Waals surface area (Å²) in [5, 5.41) is 5.85. The summed E-state index contributed by atoms with van der Waals surface area (Å²) in [5.74, 6) is 0.751. The molecule has 0 aliphatic carbocycles. The van der Waals surface area contributed by atoms with Gasteiger partial charge in [0.2, 0.25) is 11.8 Å². The molecule has 0 spiro atoms. The lowest BCUT2D eigenvalue weighted by molar-refractivity contribution is -0.133. The van der Waals surface area contributed by atoms with Crippen LogP contribution in [-0.4, -0.2) is 50.0 Å². The van der Waals surface area contributed by atoms with Crippen LogP contribution in [0.2, 0.25) is 0 Å². The van der Waals surface area contributed by atoms with Gasteiger partial charge in [0.1, 0.15) is 11.8 Å². The van der Waals surface area contributed by atoms with Crippen LogP contribution in [0.5, 0.6) is 5.75 Å². The Kier molecular flexibility index (Phi) is 6.40. The summed E-state index contributed by atoms with van der Waals surface area (Å²) in [6, 6.07) is 7.30. The molecule has 2 amide bonds. The standard InChI is InChI=1S/C17H25N3O3/c1-18-10-3-4-16(21)19-15-9-11-20(17(15)22)12-13-5-7-14(23-2)8-6-13/h5-8,15,18H,3-4,9-12H2,1-2H3,(H,19,21). The van der Waals surface area contributed by atoms with Crippen LogP contribution in [0.25, 0.3) is 0 Å². The van der Waals surface area contributed by atoms with Gasteiger partial charge in [0.15, 0.2) is 0 Å². The van der Waals surface area contributed by atoms with Crippen molar-refractivity contribution in [2.24, 2.45) is 0 Å². The Morgan fingerprint density at radius 3 is 2.74 bits per heavy atom.